The topological polar surface area (TPSA) is 101 Å². The lowest BCUT2D eigenvalue weighted by atomic mass is 10.3. The van der Waals surface area contributed by atoms with Gasteiger partial charge in [0.25, 0.3) is 0 Å². The fraction of sp³-hybridized carbons (Fsp3) is 0.400. The molecule has 164 valence electrons. The quantitative estimate of drug-likeness (QED) is 0.656. The Kier molecular flexibility index (Phi) is 7.74. The first kappa shape index (κ1) is 23.6. The number of urea groups is 1. The van der Waals surface area contributed by atoms with Gasteiger partial charge in [-0.3, -0.25) is 4.98 Å². The highest BCUT2D eigenvalue weighted by Gasteiger charge is 2.24. The molecule has 0 fully saturated rings. The first-order chi connectivity index (χ1) is 14.0. The number of nitrogens with zero attached hydrogens (tertiary/aromatic N) is 2. The molecule has 0 spiro atoms. The van der Waals surface area contributed by atoms with Gasteiger partial charge in [-0.2, -0.15) is 0 Å². The monoisotopic (exact) mass is 438 g/mol. The Morgan fingerprint density at radius 3 is 2.43 bits per heavy atom. The number of hydrogen-bond donors (Lipinski definition) is 2. The number of likely N-dealkylation sites (N-methyl/N-ethyl adjacent to an activating group) is 1. The van der Waals surface area contributed by atoms with Gasteiger partial charge in [0.15, 0.2) is 0 Å². The van der Waals surface area contributed by atoms with Gasteiger partial charge >= 0.3 is 6.03 Å². The van der Waals surface area contributed by atoms with Gasteiger partial charge in [0.1, 0.15) is 17.7 Å². The van der Waals surface area contributed by atoms with E-state index < -0.39 is 33.2 Å². The number of pyridine rings is 1. The Bertz CT molecular complexity index is 981. The van der Waals surface area contributed by atoms with Gasteiger partial charge < -0.3 is 15.4 Å². The Hall–Kier alpha value is -2.72. The Morgan fingerprint density at radius 2 is 1.83 bits per heavy atom. The van der Waals surface area contributed by atoms with Gasteiger partial charge in [-0.1, -0.05) is 0 Å². The number of hydrogen-bond acceptors (Lipinski definition) is 5. The minimum absolute atomic E-state index is 0.0979. The summed E-state index contributed by atoms with van der Waals surface area (Å²) < 4.78 is 45.2. The summed E-state index contributed by atoms with van der Waals surface area (Å²) in [5.74, 6) is -0.430. The largest absolute Gasteiger partial charge is 0.489 e. The third-order valence-electron chi connectivity index (χ3n) is 4.18. The molecular weight excluding hydrogens is 411 g/mol. The summed E-state index contributed by atoms with van der Waals surface area (Å²) in [5.41, 5.74) is 1.50. The van der Waals surface area contributed by atoms with E-state index in [1.807, 2.05) is 6.92 Å². The van der Waals surface area contributed by atoms with Crippen LogP contribution in [0.3, 0.4) is 0 Å². The Labute approximate surface area is 176 Å². The van der Waals surface area contributed by atoms with Gasteiger partial charge in [-0.25, -0.2) is 21.9 Å². The van der Waals surface area contributed by atoms with Gasteiger partial charge in [0, 0.05) is 30.6 Å². The number of aryl methyl sites for hydroxylation is 1. The summed E-state index contributed by atoms with van der Waals surface area (Å²) in [6.07, 6.45) is 0.976. The van der Waals surface area contributed by atoms with Crippen molar-refractivity contribution >= 4 is 27.4 Å². The SMILES string of the molecule is Cc1ccc(NC(=O)Nc2cc(F)cc(O[C@H](C)CN(C)S(=O)(=O)C(C)C)c2)cn1. The molecular formula is C20H27FN4O4S. The number of aromatic nitrogens is 1. The second-order valence-corrected chi connectivity index (χ2v) is 9.84. The summed E-state index contributed by atoms with van der Waals surface area (Å²) in [5, 5.41) is 4.58. The standard InChI is InChI=1S/C20H27FN4O4S/c1-13(2)30(27,28)25(5)12-15(4)29-19-9-16(21)8-18(10-19)24-20(26)23-17-7-6-14(3)22-11-17/h6-11,13,15H,12H2,1-5H3,(H2,23,24,26)/t15-/m1/s1. The molecule has 2 aromatic rings. The zero-order valence-electron chi connectivity index (χ0n) is 17.6. The number of sulfonamides is 1. The van der Waals surface area contributed by atoms with E-state index in [-0.39, 0.29) is 18.0 Å². The first-order valence-corrected chi connectivity index (χ1v) is 10.9. The van der Waals surface area contributed by atoms with Crippen molar-refractivity contribution in [3.8, 4) is 5.75 Å². The van der Waals surface area contributed by atoms with Crippen LogP contribution in [-0.4, -0.2) is 48.7 Å². The summed E-state index contributed by atoms with van der Waals surface area (Å²) in [6, 6.07) is 6.67. The number of anilines is 2. The number of ether oxygens (including phenoxy) is 1. The molecule has 0 unspecified atom stereocenters. The molecule has 30 heavy (non-hydrogen) atoms. The minimum Gasteiger partial charge on any atom is -0.489 e. The van der Waals surface area contributed by atoms with Crippen LogP contribution in [-0.2, 0) is 10.0 Å². The molecule has 0 bridgehead atoms. The average molecular weight is 439 g/mol. The van der Waals surface area contributed by atoms with Crippen molar-refractivity contribution in [1.29, 1.82) is 0 Å². The van der Waals surface area contributed by atoms with Crippen molar-refractivity contribution in [2.45, 2.75) is 39.0 Å². The maximum atomic E-state index is 14.0. The molecule has 0 saturated heterocycles. The van der Waals surface area contributed by atoms with E-state index in [2.05, 4.69) is 15.6 Å². The normalized spacial score (nSPS) is 12.7. The van der Waals surface area contributed by atoms with E-state index in [0.717, 1.165) is 11.8 Å². The second-order valence-electron chi connectivity index (χ2n) is 7.25. The smallest absolute Gasteiger partial charge is 0.323 e. The predicted molar refractivity (Wildman–Crippen MR) is 115 cm³/mol. The molecule has 0 saturated carbocycles. The summed E-state index contributed by atoms with van der Waals surface area (Å²) in [4.78, 5) is 16.2. The predicted octanol–water partition coefficient (Wildman–Crippen LogP) is 3.61. The van der Waals surface area contributed by atoms with Crippen LogP contribution < -0.4 is 15.4 Å². The molecule has 0 aliphatic heterocycles. The van der Waals surface area contributed by atoms with Gasteiger partial charge in [-0.15, -0.1) is 0 Å². The van der Waals surface area contributed by atoms with Crippen molar-refractivity contribution in [3.05, 3.63) is 48.0 Å². The zero-order valence-corrected chi connectivity index (χ0v) is 18.5. The number of nitrogens with one attached hydrogen (secondary N) is 2. The van der Waals surface area contributed by atoms with E-state index in [1.165, 1.54) is 29.7 Å². The van der Waals surface area contributed by atoms with E-state index >= 15 is 0 Å². The highest BCUT2D eigenvalue weighted by Crippen LogP contribution is 2.22. The highest BCUT2D eigenvalue weighted by molar-refractivity contribution is 7.89. The molecule has 0 aliphatic rings. The first-order valence-electron chi connectivity index (χ1n) is 9.40. The number of halogens is 1. The lowest BCUT2D eigenvalue weighted by Crippen LogP contribution is -2.39. The van der Waals surface area contributed by atoms with Crippen LogP contribution in [0.5, 0.6) is 5.75 Å². The molecule has 0 aliphatic carbocycles. The Morgan fingerprint density at radius 1 is 1.17 bits per heavy atom. The zero-order chi connectivity index (χ0) is 22.5. The molecule has 2 amide bonds. The lowest BCUT2D eigenvalue weighted by molar-refractivity contribution is 0.194. The second kappa shape index (κ2) is 9.86. The molecule has 1 aromatic heterocycles. The maximum Gasteiger partial charge on any atom is 0.323 e. The highest BCUT2D eigenvalue weighted by atomic mass is 32.2. The maximum absolute atomic E-state index is 14.0. The third kappa shape index (κ3) is 6.67. The van der Waals surface area contributed by atoms with Crippen LogP contribution in [0.15, 0.2) is 36.5 Å². The van der Waals surface area contributed by atoms with Crippen LogP contribution in [0.1, 0.15) is 26.5 Å². The molecule has 2 N–H and O–H groups in total. The number of amides is 2. The number of rotatable bonds is 8. The fourth-order valence-electron chi connectivity index (χ4n) is 2.63. The van der Waals surface area contributed by atoms with Crippen LogP contribution in [0.25, 0.3) is 0 Å². The lowest BCUT2D eigenvalue weighted by Gasteiger charge is -2.24. The summed E-state index contributed by atoms with van der Waals surface area (Å²) >= 11 is 0. The van der Waals surface area contributed by atoms with E-state index in [1.54, 1.807) is 32.9 Å². The molecule has 1 atom stereocenters. The Balaban J connectivity index is 2.02. The van der Waals surface area contributed by atoms with Gasteiger partial charge in [0.2, 0.25) is 10.0 Å². The van der Waals surface area contributed by atoms with E-state index in [4.69, 9.17) is 4.74 Å². The minimum atomic E-state index is -3.42. The molecule has 10 heteroatoms. The average Bonchev–Trinajstić information content (AvgIpc) is 2.62. The molecule has 1 aromatic carbocycles. The van der Waals surface area contributed by atoms with E-state index in [0.29, 0.717) is 5.69 Å². The van der Waals surface area contributed by atoms with Crippen molar-refractivity contribution in [3.63, 3.8) is 0 Å². The number of benzene rings is 1. The molecule has 1 heterocycles. The van der Waals surface area contributed by atoms with Crippen LogP contribution in [0, 0.1) is 12.7 Å². The summed E-state index contributed by atoms with van der Waals surface area (Å²) in [6.45, 7) is 6.80. The fourth-order valence-corrected chi connectivity index (χ4v) is 3.77. The van der Waals surface area contributed by atoms with E-state index in [9.17, 15) is 17.6 Å². The van der Waals surface area contributed by atoms with Crippen LogP contribution >= 0.6 is 0 Å². The van der Waals surface area contributed by atoms with Crippen molar-refractivity contribution < 1.29 is 22.3 Å². The van der Waals surface area contributed by atoms with Gasteiger partial charge in [-0.05, 0) is 45.9 Å². The third-order valence-corrected chi connectivity index (χ3v) is 6.39. The number of carbonyl (C=O) groups excluding carboxylic acids is 1. The molecule has 2 rings (SSSR count). The summed E-state index contributed by atoms with van der Waals surface area (Å²) in [7, 11) is -1.95. The molecule has 0 radical (unpaired) electrons. The van der Waals surface area contributed by atoms with Crippen LogP contribution in [0.2, 0.25) is 0 Å². The van der Waals surface area contributed by atoms with Crippen molar-refractivity contribution in [2.75, 3.05) is 24.2 Å². The van der Waals surface area contributed by atoms with Crippen molar-refractivity contribution in [1.82, 2.24) is 9.29 Å². The van der Waals surface area contributed by atoms with Crippen molar-refractivity contribution in [2.24, 2.45) is 0 Å². The molecule has 8 nitrogen and oxygen atoms in total. The van der Waals surface area contributed by atoms with Gasteiger partial charge in [0.05, 0.1) is 23.7 Å². The van der Waals surface area contributed by atoms with Crippen LogP contribution in [0.4, 0.5) is 20.6 Å². The number of carbonyl (C=O) groups is 1.